The predicted octanol–water partition coefficient (Wildman–Crippen LogP) is 4.60. The Morgan fingerprint density at radius 3 is 2.12 bits per heavy atom. The molecule has 1 aromatic heterocycles. The van der Waals surface area contributed by atoms with Gasteiger partial charge in [0.25, 0.3) is 0 Å². The number of para-hydroxylation sites is 1. The molecule has 0 fully saturated rings. The fourth-order valence-corrected chi connectivity index (χ4v) is 2.71. The van der Waals surface area contributed by atoms with Crippen molar-refractivity contribution < 1.29 is 0 Å². The minimum atomic E-state index is 0.441. The van der Waals surface area contributed by atoms with E-state index in [0.29, 0.717) is 11.6 Å². The van der Waals surface area contributed by atoms with Gasteiger partial charge in [0.15, 0.2) is 0 Å². The summed E-state index contributed by atoms with van der Waals surface area (Å²) in [5.41, 5.74) is 7.50. The average Bonchev–Trinajstić information content (AvgIpc) is 3.09. The van der Waals surface area contributed by atoms with Crippen molar-refractivity contribution in [3.05, 3.63) is 89.4 Å². The van der Waals surface area contributed by atoms with E-state index < -0.39 is 0 Å². The lowest BCUT2D eigenvalue weighted by molar-refractivity contribution is 0.629. The molecule has 4 aromatic rings. The van der Waals surface area contributed by atoms with E-state index in [9.17, 15) is 0 Å². The highest BCUT2D eigenvalue weighted by atomic mass is 35.5. The standard InChI is InChI=1S/C20H16ClN5/c21-16-12-10-15(11-13-16)20(23-22-17-6-2-1-3-7-17)14-26-24-18-8-4-5-9-19(18)25-26/h1-13,22H,14H2. The number of hydrazone groups is 1. The molecule has 0 aliphatic heterocycles. The van der Waals surface area contributed by atoms with Crippen molar-refractivity contribution in [3.8, 4) is 0 Å². The van der Waals surface area contributed by atoms with Gasteiger partial charge in [-0.2, -0.15) is 20.1 Å². The lowest BCUT2D eigenvalue weighted by Gasteiger charge is -2.08. The van der Waals surface area contributed by atoms with E-state index in [2.05, 4.69) is 20.7 Å². The zero-order valence-electron chi connectivity index (χ0n) is 13.9. The Hall–Kier alpha value is -3.18. The van der Waals surface area contributed by atoms with Crippen molar-refractivity contribution in [2.45, 2.75) is 6.54 Å². The van der Waals surface area contributed by atoms with Crippen LogP contribution in [0.1, 0.15) is 5.56 Å². The summed E-state index contributed by atoms with van der Waals surface area (Å²) in [4.78, 5) is 1.66. The van der Waals surface area contributed by atoms with Crippen LogP contribution >= 0.6 is 11.6 Å². The Morgan fingerprint density at radius 1 is 0.846 bits per heavy atom. The first kappa shape index (κ1) is 16.3. The van der Waals surface area contributed by atoms with E-state index in [4.69, 9.17) is 11.6 Å². The second-order valence-electron chi connectivity index (χ2n) is 5.76. The SMILES string of the molecule is Clc1ccc(C(Cn2nc3ccccc3n2)=NNc2ccccc2)cc1. The molecule has 1 N–H and O–H groups in total. The number of anilines is 1. The van der Waals surface area contributed by atoms with E-state index in [1.807, 2.05) is 78.9 Å². The molecule has 0 aliphatic carbocycles. The van der Waals surface area contributed by atoms with Gasteiger partial charge in [-0.15, -0.1) is 0 Å². The van der Waals surface area contributed by atoms with E-state index >= 15 is 0 Å². The Labute approximate surface area is 155 Å². The number of rotatable bonds is 5. The summed E-state index contributed by atoms with van der Waals surface area (Å²) in [6.07, 6.45) is 0. The number of fused-ring (bicyclic) bond motifs is 1. The van der Waals surface area contributed by atoms with Gasteiger partial charge in [-0.1, -0.05) is 54.1 Å². The van der Waals surface area contributed by atoms with Gasteiger partial charge in [-0.25, -0.2) is 0 Å². The predicted molar refractivity (Wildman–Crippen MR) is 106 cm³/mol. The number of aromatic nitrogens is 3. The molecule has 0 spiro atoms. The zero-order valence-corrected chi connectivity index (χ0v) is 14.6. The molecule has 4 rings (SSSR count). The molecule has 0 amide bonds. The molecular formula is C20H16ClN5. The normalized spacial score (nSPS) is 11.7. The topological polar surface area (TPSA) is 55.1 Å². The summed E-state index contributed by atoms with van der Waals surface area (Å²) in [5.74, 6) is 0. The molecule has 0 bridgehead atoms. The molecule has 6 heteroatoms. The van der Waals surface area contributed by atoms with Crippen LogP contribution in [-0.2, 0) is 6.54 Å². The van der Waals surface area contributed by atoms with Gasteiger partial charge < -0.3 is 0 Å². The van der Waals surface area contributed by atoms with Gasteiger partial charge in [0.05, 0.1) is 11.4 Å². The highest BCUT2D eigenvalue weighted by Gasteiger charge is 2.09. The molecule has 128 valence electrons. The van der Waals surface area contributed by atoms with Crippen molar-refractivity contribution in [1.29, 1.82) is 0 Å². The Balaban J connectivity index is 1.66. The second-order valence-corrected chi connectivity index (χ2v) is 6.20. The highest BCUT2D eigenvalue weighted by Crippen LogP contribution is 2.13. The smallest absolute Gasteiger partial charge is 0.113 e. The van der Waals surface area contributed by atoms with Crippen LogP contribution in [0.5, 0.6) is 0 Å². The molecule has 5 nitrogen and oxygen atoms in total. The highest BCUT2D eigenvalue weighted by molar-refractivity contribution is 6.30. The Kier molecular flexibility index (Phi) is 4.62. The maximum atomic E-state index is 6.02. The van der Waals surface area contributed by atoms with Crippen LogP contribution in [0.3, 0.4) is 0 Å². The molecule has 0 saturated heterocycles. The van der Waals surface area contributed by atoms with Crippen molar-refractivity contribution in [2.75, 3.05) is 5.43 Å². The van der Waals surface area contributed by atoms with E-state index in [1.54, 1.807) is 4.80 Å². The molecule has 0 saturated carbocycles. The first-order valence-corrected chi connectivity index (χ1v) is 8.59. The van der Waals surface area contributed by atoms with Gasteiger partial charge in [-0.3, -0.25) is 5.43 Å². The molecule has 26 heavy (non-hydrogen) atoms. The number of halogens is 1. The number of hydrogen-bond donors (Lipinski definition) is 1. The van der Waals surface area contributed by atoms with Gasteiger partial charge in [0.1, 0.15) is 17.6 Å². The minimum Gasteiger partial charge on any atom is -0.278 e. The molecular weight excluding hydrogens is 346 g/mol. The van der Waals surface area contributed by atoms with E-state index in [1.165, 1.54) is 0 Å². The lowest BCUT2D eigenvalue weighted by Crippen LogP contribution is -2.15. The van der Waals surface area contributed by atoms with E-state index in [-0.39, 0.29) is 0 Å². The van der Waals surface area contributed by atoms with Crippen LogP contribution in [0.15, 0.2) is 84.0 Å². The van der Waals surface area contributed by atoms with Crippen molar-refractivity contribution in [1.82, 2.24) is 15.0 Å². The number of nitrogens with zero attached hydrogens (tertiary/aromatic N) is 4. The number of nitrogens with one attached hydrogen (secondary N) is 1. The van der Waals surface area contributed by atoms with Gasteiger partial charge in [0.2, 0.25) is 0 Å². The summed E-state index contributed by atoms with van der Waals surface area (Å²) < 4.78 is 0. The van der Waals surface area contributed by atoms with Crippen LogP contribution in [0.2, 0.25) is 5.02 Å². The van der Waals surface area contributed by atoms with Crippen molar-refractivity contribution >= 4 is 34.0 Å². The molecule has 3 aromatic carbocycles. The molecule has 0 radical (unpaired) electrons. The van der Waals surface area contributed by atoms with Crippen molar-refractivity contribution in [3.63, 3.8) is 0 Å². The quantitative estimate of drug-likeness (QED) is 0.417. The third-order valence-corrected chi connectivity index (χ3v) is 4.14. The summed E-state index contributed by atoms with van der Waals surface area (Å²) in [7, 11) is 0. The maximum absolute atomic E-state index is 6.02. The fourth-order valence-electron chi connectivity index (χ4n) is 2.59. The van der Waals surface area contributed by atoms with Crippen LogP contribution in [0.4, 0.5) is 5.69 Å². The molecule has 0 atom stereocenters. The zero-order chi connectivity index (χ0) is 17.8. The largest absolute Gasteiger partial charge is 0.278 e. The van der Waals surface area contributed by atoms with Crippen LogP contribution < -0.4 is 5.43 Å². The van der Waals surface area contributed by atoms with Gasteiger partial charge in [0, 0.05) is 5.02 Å². The number of benzene rings is 3. The number of hydrogen-bond acceptors (Lipinski definition) is 4. The summed E-state index contributed by atoms with van der Waals surface area (Å²) in [5, 5.41) is 14.3. The third kappa shape index (κ3) is 3.73. The van der Waals surface area contributed by atoms with Gasteiger partial charge >= 0.3 is 0 Å². The average molecular weight is 362 g/mol. The monoisotopic (exact) mass is 361 g/mol. The van der Waals surface area contributed by atoms with Crippen LogP contribution in [-0.4, -0.2) is 20.7 Å². The van der Waals surface area contributed by atoms with Crippen LogP contribution in [0.25, 0.3) is 11.0 Å². The molecule has 0 aliphatic rings. The maximum Gasteiger partial charge on any atom is 0.113 e. The molecule has 0 unspecified atom stereocenters. The van der Waals surface area contributed by atoms with Gasteiger partial charge in [-0.05, 0) is 42.0 Å². The first-order valence-electron chi connectivity index (χ1n) is 8.21. The molecule has 1 heterocycles. The third-order valence-electron chi connectivity index (χ3n) is 3.89. The Morgan fingerprint density at radius 2 is 1.46 bits per heavy atom. The summed E-state index contributed by atoms with van der Waals surface area (Å²) >= 11 is 6.02. The second kappa shape index (κ2) is 7.37. The van der Waals surface area contributed by atoms with E-state index in [0.717, 1.165) is 28.0 Å². The van der Waals surface area contributed by atoms with Crippen molar-refractivity contribution in [2.24, 2.45) is 5.10 Å². The van der Waals surface area contributed by atoms with Crippen LogP contribution in [0, 0.1) is 0 Å². The fraction of sp³-hybridized carbons (Fsp3) is 0.0500. The first-order chi connectivity index (χ1) is 12.8. The Bertz CT molecular complexity index is 1010. The summed E-state index contributed by atoms with van der Waals surface area (Å²) in [6, 6.07) is 25.2. The minimum absolute atomic E-state index is 0.441. The lowest BCUT2D eigenvalue weighted by atomic mass is 10.1. The summed E-state index contributed by atoms with van der Waals surface area (Å²) in [6.45, 7) is 0.441.